The summed E-state index contributed by atoms with van der Waals surface area (Å²) in [5, 5.41) is 0.929. The molecule has 11 heteroatoms. The minimum absolute atomic E-state index is 0.0981. The lowest BCUT2D eigenvalue weighted by molar-refractivity contribution is -0.141. The van der Waals surface area contributed by atoms with E-state index in [1.165, 1.54) is 6.07 Å². The highest BCUT2D eigenvalue weighted by atomic mass is 19.1. The molecule has 3 aliphatic rings. The van der Waals surface area contributed by atoms with Gasteiger partial charge in [0.2, 0.25) is 12.5 Å². The number of aromatic nitrogens is 1. The maximum atomic E-state index is 14.7. The molecular weight excluding hydrogens is 643 g/mol. The molecule has 1 fully saturated rings. The Labute approximate surface area is 287 Å². The van der Waals surface area contributed by atoms with E-state index in [0.717, 1.165) is 33.2 Å². The minimum atomic E-state index is -0.556. The summed E-state index contributed by atoms with van der Waals surface area (Å²) in [5.74, 6) is 1.48. The van der Waals surface area contributed by atoms with E-state index in [2.05, 4.69) is 0 Å². The van der Waals surface area contributed by atoms with E-state index in [1.54, 1.807) is 40.6 Å². The van der Waals surface area contributed by atoms with E-state index in [4.69, 9.17) is 38.2 Å². The summed E-state index contributed by atoms with van der Waals surface area (Å²) in [4.78, 5) is 18.9. The molecule has 0 radical (unpaired) electrons. The van der Waals surface area contributed by atoms with E-state index < -0.39 is 17.9 Å². The monoisotopic (exact) mass is 678 g/mol. The van der Waals surface area contributed by atoms with E-state index in [0.29, 0.717) is 46.6 Å². The molecule has 1 aromatic heterocycles. The number of carbonyl (C=O) groups excluding carboxylic acids is 1. The Kier molecular flexibility index (Phi) is 7.97. The number of halogens is 1. The van der Waals surface area contributed by atoms with Crippen LogP contribution in [0.2, 0.25) is 0 Å². The number of ether oxygens (including phenoxy) is 7. The highest BCUT2D eigenvalue weighted by molar-refractivity contribution is 6.00. The van der Waals surface area contributed by atoms with Crippen molar-refractivity contribution in [2.45, 2.75) is 18.5 Å². The maximum absolute atomic E-state index is 14.7. The van der Waals surface area contributed by atoms with Crippen molar-refractivity contribution in [2.75, 3.05) is 41.8 Å². The third kappa shape index (κ3) is 5.15. The Balaban J connectivity index is 1.26. The van der Waals surface area contributed by atoms with Gasteiger partial charge in [0.1, 0.15) is 11.6 Å². The van der Waals surface area contributed by atoms with Crippen LogP contribution in [-0.4, -0.2) is 58.6 Å². The fraction of sp³-hybridized carbons (Fsp3) is 0.282. The van der Waals surface area contributed by atoms with Crippen molar-refractivity contribution >= 4 is 23.1 Å². The highest BCUT2D eigenvalue weighted by Gasteiger charge is 2.52. The molecule has 0 N–H and O–H groups in total. The predicted molar refractivity (Wildman–Crippen MR) is 183 cm³/mol. The second-order valence-electron chi connectivity index (χ2n) is 12.5. The smallest absolute Gasteiger partial charge is 0.310 e. The molecule has 0 unspecified atom stereocenters. The highest BCUT2D eigenvalue weighted by Crippen LogP contribution is 2.56. The standard InChI is InChI=1S/C39H35FN2O8/c1-44-24-9-10-25-23(18-42(30(25)13-24)17-21-7-5-6-8-29(21)40)16-41-37-27-15-32-31(49-20-50-32)14-26(27)35(36-28(37)19-48-39(36)43)22-11-33(45-2)38(47-4)34(12-22)46-3/h5-16,18,28,35-37H,17,19-20H2,1-4H3/t28-,35+,36-,37-/m0/s1. The van der Waals surface area contributed by atoms with Crippen LogP contribution in [0, 0.1) is 17.7 Å². The van der Waals surface area contributed by atoms with Crippen LogP contribution in [0.5, 0.6) is 34.5 Å². The van der Waals surface area contributed by atoms with Gasteiger partial charge >= 0.3 is 5.97 Å². The van der Waals surface area contributed by atoms with Crippen molar-refractivity contribution in [3.05, 3.63) is 107 Å². The number of hydrogen-bond acceptors (Lipinski definition) is 9. The average molecular weight is 679 g/mol. The van der Waals surface area contributed by atoms with Gasteiger partial charge in [0.05, 0.1) is 59.1 Å². The molecule has 3 heterocycles. The van der Waals surface area contributed by atoms with Gasteiger partial charge in [-0.2, -0.15) is 0 Å². The summed E-state index contributed by atoms with van der Waals surface area (Å²) in [6, 6.07) is 19.8. The van der Waals surface area contributed by atoms with Crippen LogP contribution in [0.3, 0.4) is 0 Å². The van der Waals surface area contributed by atoms with Crippen molar-refractivity contribution < 1.29 is 42.3 Å². The number of rotatable bonds is 9. The first-order valence-electron chi connectivity index (χ1n) is 16.3. The molecule has 256 valence electrons. The van der Waals surface area contributed by atoms with Crippen molar-refractivity contribution in [3.63, 3.8) is 0 Å². The van der Waals surface area contributed by atoms with Crippen LogP contribution in [0.4, 0.5) is 4.39 Å². The molecule has 50 heavy (non-hydrogen) atoms. The first-order valence-corrected chi connectivity index (χ1v) is 16.3. The molecule has 0 amide bonds. The zero-order valence-corrected chi connectivity index (χ0v) is 28.0. The van der Waals surface area contributed by atoms with Crippen molar-refractivity contribution in [1.29, 1.82) is 0 Å². The zero-order chi connectivity index (χ0) is 34.5. The van der Waals surface area contributed by atoms with Crippen LogP contribution in [0.15, 0.2) is 77.9 Å². The predicted octanol–water partition coefficient (Wildman–Crippen LogP) is 6.69. The zero-order valence-electron chi connectivity index (χ0n) is 28.0. The number of methoxy groups -OCH3 is 4. The Morgan fingerprint density at radius 3 is 2.32 bits per heavy atom. The van der Waals surface area contributed by atoms with Gasteiger partial charge in [-0.05, 0) is 59.2 Å². The van der Waals surface area contributed by atoms with Gasteiger partial charge in [-0.3, -0.25) is 9.79 Å². The Bertz CT molecular complexity index is 2130. The summed E-state index contributed by atoms with van der Waals surface area (Å²) < 4.78 is 56.7. The number of esters is 1. The van der Waals surface area contributed by atoms with Gasteiger partial charge in [-0.1, -0.05) is 18.2 Å². The fourth-order valence-electron chi connectivity index (χ4n) is 7.64. The lowest BCUT2D eigenvalue weighted by Crippen LogP contribution is -2.34. The second-order valence-corrected chi connectivity index (χ2v) is 12.5. The first-order chi connectivity index (χ1) is 24.4. The number of hydrogen-bond donors (Lipinski definition) is 0. The molecule has 1 aliphatic carbocycles. The quantitative estimate of drug-likeness (QED) is 0.126. The van der Waals surface area contributed by atoms with Gasteiger partial charge in [0, 0.05) is 46.8 Å². The normalized spacial score (nSPS) is 20.5. The molecule has 10 nitrogen and oxygen atoms in total. The number of benzene rings is 4. The summed E-state index contributed by atoms with van der Waals surface area (Å²) in [6.07, 6.45) is 3.81. The Hall–Kier alpha value is -5.71. The third-order valence-corrected chi connectivity index (χ3v) is 9.99. The number of aliphatic imine (C=N–C) groups is 1. The van der Waals surface area contributed by atoms with E-state index in [1.807, 2.05) is 65.5 Å². The summed E-state index contributed by atoms with van der Waals surface area (Å²) >= 11 is 0. The molecule has 2 aliphatic heterocycles. The molecule has 0 spiro atoms. The topological polar surface area (TPSA) is 99.0 Å². The minimum Gasteiger partial charge on any atom is -0.497 e. The van der Waals surface area contributed by atoms with Crippen LogP contribution in [-0.2, 0) is 16.1 Å². The van der Waals surface area contributed by atoms with Crippen molar-refractivity contribution in [3.8, 4) is 34.5 Å². The first kappa shape index (κ1) is 31.6. The summed E-state index contributed by atoms with van der Waals surface area (Å²) in [7, 11) is 6.30. The summed E-state index contributed by atoms with van der Waals surface area (Å²) in [5.41, 5.74) is 4.87. The van der Waals surface area contributed by atoms with Gasteiger partial charge in [-0.15, -0.1) is 0 Å². The van der Waals surface area contributed by atoms with Crippen LogP contribution in [0.1, 0.15) is 39.8 Å². The molecule has 0 saturated carbocycles. The number of cyclic esters (lactones) is 1. The summed E-state index contributed by atoms with van der Waals surface area (Å²) in [6.45, 7) is 0.622. The molecule has 1 saturated heterocycles. The van der Waals surface area contributed by atoms with Crippen LogP contribution in [0.25, 0.3) is 10.9 Å². The number of nitrogens with zero attached hydrogens (tertiary/aromatic N) is 2. The van der Waals surface area contributed by atoms with Crippen molar-refractivity contribution in [2.24, 2.45) is 16.8 Å². The molecule has 8 rings (SSSR count). The largest absolute Gasteiger partial charge is 0.497 e. The second kappa shape index (κ2) is 12.6. The molecule has 0 bridgehead atoms. The van der Waals surface area contributed by atoms with Crippen LogP contribution < -0.4 is 28.4 Å². The average Bonchev–Trinajstić information content (AvgIpc) is 3.86. The number of carbonyl (C=O) groups is 1. The third-order valence-electron chi connectivity index (χ3n) is 9.99. The molecule has 5 aromatic rings. The Morgan fingerprint density at radius 1 is 0.880 bits per heavy atom. The molecule has 4 aromatic carbocycles. The SMILES string of the molecule is COc1ccc2c(C=N[C@H]3c4cc5c(cc4[C@@H](c4cc(OC)c(OC)c(OC)c4)[C@H]4C(=O)OC[C@@H]43)OCO5)cn(Cc3ccccc3F)c2c1. The van der Waals surface area contributed by atoms with Crippen molar-refractivity contribution in [1.82, 2.24) is 4.57 Å². The van der Waals surface area contributed by atoms with E-state index in [9.17, 15) is 9.18 Å². The van der Waals surface area contributed by atoms with Gasteiger partial charge in [0.15, 0.2) is 23.0 Å². The van der Waals surface area contributed by atoms with E-state index in [-0.39, 0.29) is 31.1 Å². The lowest BCUT2D eigenvalue weighted by Gasteiger charge is -2.37. The van der Waals surface area contributed by atoms with E-state index >= 15 is 0 Å². The van der Waals surface area contributed by atoms with Crippen LogP contribution >= 0.6 is 0 Å². The van der Waals surface area contributed by atoms with Gasteiger partial charge < -0.3 is 37.7 Å². The molecular formula is C39H35FN2O8. The number of fused-ring (bicyclic) bond motifs is 4. The lowest BCUT2D eigenvalue weighted by atomic mass is 9.65. The van der Waals surface area contributed by atoms with Gasteiger partial charge in [-0.25, -0.2) is 4.39 Å². The Morgan fingerprint density at radius 2 is 1.62 bits per heavy atom. The molecule has 4 atom stereocenters. The maximum Gasteiger partial charge on any atom is 0.310 e. The fourth-order valence-corrected chi connectivity index (χ4v) is 7.64. The van der Waals surface area contributed by atoms with Gasteiger partial charge in [0.25, 0.3) is 0 Å².